The Morgan fingerprint density at radius 1 is 1.42 bits per heavy atom. The number of nitrogens with zero attached hydrogens (tertiary/aromatic N) is 2. The molecular weight excluding hydrogens is 252 g/mol. The highest BCUT2D eigenvalue weighted by Crippen LogP contribution is 2.24. The highest BCUT2D eigenvalue weighted by Gasteiger charge is 2.18. The normalized spacial score (nSPS) is 10.6. The Morgan fingerprint density at radius 3 is 2.68 bits per heavy atom. The fourth-order valence-corrected chi connectivity index (χ4v) is 1.95. The number of fused-ring (bicyclic) bond motifs is 1. The van der Waals surface area contributed by atoms with Crippen molar-refractivity contribution in [3.8, 4) is 0 Å². The fourth-order valence-electron chi connectivity index (χ4n) is 1.95. The number of benzene rings is 1. The number of aryl methyl sites for hydroxylation is 1. The average molecular weight is 262 g/mol. The summed E-state index contributed by atoms with van der Waals surface area (Å²) in [5, 5.41) is 20.1. The smallest absolute Gasteiger partial charge is 0.323 e. The monoisotopic (exact) mass is 262 g/mol. The molecular formula is C12H10N2O5. The van der Waals surface area contributed by atoms with Gasteiger partial charge in [-0.3, -0.25) is 19.7 Å². The summed E-state index contributed by atoms with van der Waals surface area (Å²) in [6, 6.07) is 4.33. The summed E-state index contributed by atoms with van der Waals surface area (Å²) in [6.07, 6.45) is 1.33. The van der Waals surface area contributed by atoms with Crippen molar-refractivity contribution in [3.63, 3.8) is 0 Å². The minimum absolute atomic E-state index is 0.0613. The van der Waals surface area contributed by atoms with Crippen LogP contribution in [0.2, 0.25) is 0 Å². The molecule has 0 aliphatic rings. The third kappa shape index (κ3) is 2.17. The van der Waals surface area contributed by atoms with E-state index in [0.717, 1.165) is 10.1 Å². The number of carbonyl (C=O) groups is 1. The van der Waals surface area contributed by atoms with Crippen molar-refractivity contribution >= 4 is 22.4 Å². The van der Waals surface area contributed by atoms with Gasteiger partial charge < -0.3 is 9.67 Å². The molecule has 0 saturated carbocycles. The van der Waals surface area contributed by atoms with E-state index >= 15 is 0 Å². The largest absolute Gasteiger partial charge is 0.480 e. The molecule has 0 bridgehead atoms. The fraction of sp³-hybridized carbons (Fsp3) is 0.167. The molecule has 0 aliphatic heterocycles. The number of carboxylic acid groups (broad SMARTS) is 1. The standard InChI is InChI=1S/C12H10N2O5/c1-7-2-3-9(14(18)19)11-8(7)4-5-13(12(11)17)6-10(15)16/h2-5H,6H2,1H3,(H,15,16). The average Bonchev–Trinajstić information content (AvgIpc) is 2.32. The lowest BCUT2D eigenvalue weighted by Crippen LogP contribution is -2.24. The molecule has 2 rings (SSSR count). The first-order valence-corrected chi connectivity index (χ1v) is 5.40. The molecule has 98 valence electrons. The van der Waals surface area contributed by atoms with Crippen molar-refractivity contribution in [2.45, 2.75) is 13.5 Å². The highest BCUT2D eigenvalue weighted by atomic mass is 16.6. The van der Waals surface area contributed by atoms with Crippen LogP contribution in [0.1, 0.15) is 5.56 Å². The number of non-ortho nitro benzene ring substituents is 1. The lowest BCUT2D eigenvalue weighted by molar-refractivity contribution is -0.383. The van der Waals surface area contributed by atoms with Crippen LogP contribution < -0.4 is 5.56 Å². The summed E-state index contributed by atoms with van der Waals surface area (Å²) >= 11 is 0. The summed E-state index contributed by atoms with van der Waals surface area (Å²) in [4.78, 5) is 33.1. The Bertz CT molecular complexity index is 748. The number of nitro benzene ring substituents is 1. The van der Waals surface area contributed by atoms with Gasteiger partial charge >= 0.3 is 5.97 Å². The lowest BCUT2D eigenvalue weighted by Gasteiger charge is -2.06. The predicted octanol–water partition coefficient (Wildman–Crippen LogP) is 1.30. The minimum Gasteiger partial charge on any atom is -0.480 e. The Hall–Kier alpha value is -2.70. The van der Waals surface area contributed by atoms with E-state index in [-0.39, 0.29) is 11.1 Å². The molecule has 19 heavy (non-hydrogen) atoms. The second kappa shape index (κ2) is 4.52. The van der Waals surface area contributed by atoms with Crippen molar-refractivity contribution in [2.75, 3.05) is 0 Å². The van der Waals surface area contributed by atoms with Crippen LogP contribution in [-0.2, 0) is 11.3 Å². The number of rotatable bonds is 3. The van der Waals surface area contributed by atoms with E-state index in [1.165, 1.54) is 18.3 Å². The van der Waals surface area contributed by atoms with Gasteiger partial charge in [0, 0.05) is 12.3 Å². The van der Waals surface area contributed by atoms with Crippen LogP contribution in [0.4, 0.5) is 5.69 Å². The molecule has 1 aromatic carbocycles. The Morgan fingerprint density at radius 2 is 2.11 bits per heavy atom. The zero-order valence-electron chi connectivity index (χ0n) is 9.99. The maximum atomic E-state index is 12.1. The molecule has 1 N–H and O–H groups in total. The Labute approximate surface area is 106 Å². The summed E-state index contributed by atoms with van der Waals surface area (Å²) < 4.78 is 0.942. The maximum Gasteiger partial charge on any atom is 0.323 e. The molecule has 2 aromatic rings. The second-order valence-corrected chi connectivity index (χ2v) is 4.09. The molecule has 7 nitrogen and oxygen atoms in total. The van der Waals surface area contributed by atoms with Gasteiger partial charge in [-0.05, 0) is 23.9 Å². The van der Waals surface area contributed by atoms with Gasteiger partial charge in [0.05, 0.1) is 4.92 Å². The summed E-state index contributed by atoms with van der Waals surface area (Å²) in [5.74, 6) is -1.18. The zero-order chi connectivity index (χ0) is 14.2. The Kier molecular flexibility index (Phi) is 3.04. The van der Waals surface area contributed by atoms with Gasteiger partial charge in [-0.15, -0.1) is 0 Å². The van der Waals surface area contributed by atoms with E-state index in [0.29, 0.717) is 5.39 Å². The van der Waals surface area contributed by atoms with Crippen molar-refractivity contribution < 1.29 is 14.8 Å². The van der Waals surface area contributed by atoms with Crippen LogP contribution in [0.5, 0.6) is 0 Å². The number of nitro groups is 1. The first-order chi connectivity index (χ1) is 8.91. The summed E-state index contributed by atoms with van der Waals surface area (Å²) in [5.41, 5.74) is -0.263. The number of carboxylic acids is 1. The van der Waals surface area contributed by atoms with Crippen molar-refractivity contribution in [1.82, 2.24) is 4.57 Å². The lowest BCUT2D eigenvalue weighted by atomic mass is 10.1. The summed E-state index contributed by atoms with van der Waals surface area (Å²) in [7, 11) is 0. The number of pyridine rings is 1. The van der Waals surface area contributed by atoms with Gasteiger partial charge in [0.25, 0.3) is 11.2 Å². The quantitative estimate of drug-likeness (QED) is 0.663. The topological polar surface area (TPSA) is 102 Å². The van der Waals surface area contributed by atoms with Crippen molar-refractivity contribution in [2.24, 2.45) is 0 Å². The number of hydrogen-bond acceptors (Lipinski definition) is 4. The van der Waals surface area contributed by atoms with E-state index in [1.54, 1.807) is 13.0 Å². The van der Waals surface area contributed by atoms with Crippen molar-refractivity contribution in [1.29, 1.82) is 0 Å². The van der Waals surface area contributed by atoms with Crippen LogP contribution in [0.25, 0.3) is 10.8 Å². The van der Waals surface area contributed by atoms with Crippen LogP contribution in [0.15, 0.2) is 29.2 Å². The zero-order valence-corrected chi connectivity index (χ0v) is 9.99. The van der Waals surface area contributed by atoms with Gasteiger partial charge in [-0.1, -0.05) is 6.07 Å². The molecule has 0 aliphatic carbocycles. The Balaban J connectivity index is 2.86. The van der Waals surface area contributed by atoms with Crippen LogP contribution >= 0.6 is 0 Å². The number of aromatic nitrogens is 1. The number of aliphatic carboxylic acids is 1. The molecule has 0 radical (unpaired) electrons. The van der Waals surface area contributed by atoms with Gasteiger partial charge in [0.1, 0.15) is 11.9 Å². The molecule has 0 atom stereocenters. The highest BCUT2D eigenvalue weighted by molar-refractivity contribution is 5.92. The van der Waals surface area contributed by atoms with Crippen LogP contribution in [0, 0.1) is 17.0 Å². The van der Waals surface area contributed by atoms with Gasteiger partial charge in [-0.2, -0.15) is 0 Å². The van der Waals surface area contributed by atoms with Crippen LogP contribution in [0.3, 0.4) is 0 Å². The summed E-state index contributed by atoms with van der Waals surface area (Å²) in [6.45, 7) is 1.20. The maximum absolute atomic E-state index is 12.1. The molecule has 0 saturated heterocycles. The second-order valence-electron chi connectivity index (χ2n) is 4.09. The SMILES string of the molecule is Cc1ccc([N+](=O)[O-])c2c(=O)n(CC(=O)O)ccc12. The van der Waals surface area contributed by atoms with Crippen molar-refractivity contribution in [3.05, 3.63) is 50.4 Å². The van der Waals surface area contributed by atoms with Crippen LogP contribution in [-0.4, -0.2) is 20.6 Å². The van der Waals surface area contributed by atoms with E-state index in [1.807, 2.05) is 0 Å². The van der Waals surface area contributed by atoms with E-state index in [9.17, 15) is 19.7 Å². The third-order valence-electron chi connectivity index (χ3n) is 2.84. The van der Waals surface area contributed by atoms with E-state index in [4.69, 9.17) is 5.11 Å². The molecule has 1 aromatic heterocycles. The first-order valence-electron chi connectivity index (χ1n) is 5.40. The van der Waals surface area contributed by atoms with E-state index < -0.39 is 23.0 Å². The molecule has 0 fully saturated rings. The van der Waals surface area contributed by atoms with Gasteiger partial charge in [0.2, 0.25) is 0 Å². The minimum atomic E-state index is -1.18. The third-order valence-corrected chi connectivity index (χ3v) is 2.84. The van der Waals surface area contributed by atoms with Gasteiger partial charge in [0.15, 0.2) is 0 Å². The molecule has 0 unspecified atom stereocenters. The number of hydrogen-bond donors (Lipinski definition) is 1. The molecule has 0 spiro atoms. The van der Waals surface area contributed by atoms with Gasteiger partial charge in [-0.25, -0.2) is 0 Å². The molecule has 1 heterocycles. The predicted molar refractivity (Wildman–Crippen MR) is 67.2 cm³/mol. The first kappa shape index (κ1) is 12.7. The molecule has 7 heteroatoms. The molecule has 0 amide bonds. The van der Waals surface area contributed by atoms with E-state index in [2.05, 4.69) is 0 Å².